The molecule has 110 valence electrons. The average Bonchev–Trinajstić information content (AvgIpc) is 2.87. The lowest BCUT2D eigenvalue weighted by atomic mass is 9.99. The van der Waals surface area contributed by atoms with E-state index in [9.17, 15) is 4.79 Å². The largest absolute Gasteiger partial charge is 0.378 e. The van der Waals surface area contributed by atoms with Crippen LogP contribution in [0.3, 0.4) is 0 Å². The molecule has 1 aromatic heterocycles. The van der Waals surface area contributed by atoms with E-state index in [0.717, 1.165) is 37.1 Å². The quantitative estimate of drug-likeness (QED) is 0.831. The van der Waals surface area contributed by atoms with Gasteiger partial charge in [0.15, 0.2) is 0 Å². The second-order valence-electron chi connectivity index (χ2n) is 5.63. The molecule has 0 aliphatic carbocycles. The fraction of sp³-hybridized carbons (Fsp3) is 0.769. The highest BCUT2D eigenvalue weighted by Crippen LogP contribution is 2.28. The molecule has 0 unspecified atom stereocenters. The summed E-state index contributed by atoms with van der Waals surface area (Å²) in [6, 6.07) is 0. The topological polar surface area (TPSA) is 58.6 Å². The number of morpholine rings is 1. The van der Waals surface area contributed by atoms with Gasteiger partial charge in [-0.2, -0.15) is 4.37 Å². The molecule has 6 nitrogen and oxygen atoms in total. The Morgan fingerprint density at radius 3 is 2.65 bits per heavy atom. The molecule has 1 aromatic rings. The number of carbonyl (C=O) groups excluding carboxylic acids is 1. The van der Waals surface area contributed by atoms with Crippen LogP contribution in [0.2, 0.25) is 0 Å². The van der Waals surface area contributed by atoms with Crippen molar-refractivity contribution >= 4 is 22.6 Å². The third-order valence-electron chi connectivity index (χ3n) is 3.77. The molecule has 3 heterocycles. The summed E-state index contributed by atoms with van der Waals surface area (Å²) in [7, 11) is 0. The van der Waals surface area contributed by atoms with Gasteiger partial charge in [0, 0.05) is 43.6 Å². The van der Waals surface area contributed by atoms with Crippen LogP contribution in [0.5, 0.6) is 0 Å². The molecule has 2 fully saturated rings. The van der Waals surface area contributed by atoms with E-state index >= 15 is 0 Å². The number of aromatic nitrogens is 2. The monoisotopic (exact) mass is 296 g/mol. The predicted octanol–water partition coefficient (Wildman–Crippen LogP) is 0.957. The molecule has 0 aromatic carbocycles. The van der Waals surface area contributed by atoms with Gasteiger partial charge >= 0.3 is 0 Å². The van der Waals surface area contributed by atoms with Crippen molar-refractivity contribution in [3.8, 4) is 0 Å². The Bertz CT molecular complexity index is 478. The van der Waals surface area contributed by atoms with Gasteiger partial charge in [0.1, 0.15) is 5.82 Å². The Balaban J connectivity index is 1.53. The van der Waals surface area contributed by atoms with Crippen molar-refractivity contribution < 1.29 is 9.53 Å². The van der Waals surface area contributed by atoms with Gasteiger partial charge in [-0.3, -0.25) is 4.79 Å². The third kappa shape index (κ3) is 2.64. The van der Waals surface area contributed by atoms with Crippen molar-refractivity contribution in [2.24, 2.45) is 5.92 Å². The molecule has 0 spiro atoms. The number of anilines is 1. The Morgan fingerprint density at radius 1 is 1.35 bits per heavy atom. The van der Waals surface area contributed by atoms with E-state index in [1.807, 2.05) is 4.90 Å². The van der Waals surface area contributed by atoms with Crippen LogP contribution in [-0.2, 0) is 9.53 Å². The number of hydrogen-bond acceptors (Lipinski definition) is 6. The number of hydrogen-bond donors (Lipinski definition) is 0. The van der Waals surface area contributed by atoms with Crippen LogP contribution >= 0.6 is 11.5 Å². The van der Waals surface area contributed by atoms with Crippen molar-refractivity contribution in [3.63, 3.8) is 0 Å². The summed E-state index contributed by atoms with van der Waals surface area (Å²) in [5.41, 5.74) is 0. The van der Waals surface area contributed by atoms with E-state index in [-0.39, 0.29) is 11.8 Å². The predicted molar refractivity (Wildman–Crippen MR) is 77.1 cm³/mol. The minimum atomic E-state index is 0.111. The zero-order chi connectivity index (χ0) is 14.1. The Labute approximate surface area is 122 Å². The summed E-state index contributed by atoms with van der Waals surface area (Å²) in [5, 5.41) is 0.944. The van der Waals surface area contributed by atoms with Gasteiger partial charge < -0.3 is 14.5 Å². The molecule has 7 heteroatoms. The molecule has 2 aliphatic rings. The first-order valence-corrected chi connectivity index (χ1v) is 7.87. The molecule has 0 radical (unpaired) electrons. The summed E-state index contributed by atoms with van der Waals surface area (Å²) in [6.45, 7) is 8.50. The molecule has 0 N–H and O–H groups in total. The molecule has 1 amide bonds. The molecule has 2 saturated heterocycles. The SMILES string of the molecule is CC(C)c1nsc(N2CC(C(=O)N3CCOCC3)C2)n1. The van der Waals surface area contributed by atoms with Crippen LogP contribution in [0.15, 0.2) is 0 Å². The Morgan fingerprint density at radius 2 is 2.05 bits per heavy atom. The van der Waals surface area contributed by atoms with Crippen molar-refractivity contribution in [3.05, 3.63) is 5.82 Å². The molecule has 0 bridgehead atoms. The van der Waals surface area contributed by atoms with Gasteiger partial charge in [-0.05, 0) is 0 Å². The maximum Gasteiger partial charge on any atom is 0.229 e. The maximum atomic E-state index is 12.3. The summed E-state index contributed by atoms with van der Waals surface area (Å²) in [6.07, 6.45) is 0. The second-order valence-corrected chi connectivity index (χ2v) is 6.36. The smallest absolute Gasteiger partial charge is 0.229 e. The summed E-state index contributed by atoms with van der Waals surface area (Å²) >= 11 is 1.43. The van der Waals surface area contributed by atoms with Crippen LogP contribution < -0.4 is 4.90 Å². The van der Waals surface area contributed by atoms with E-state index in [1.54, 1.807) is 0 Å². The summed E-state index contributed by atoms with van der Waals surface area (Å²) in [5.74, 6) is 1.62. The lowest BCUT2D eigenvalue weighted by Crippen LogP contribution is -2.56. The van der Waals surface area contributed by atoms with E-state index in [4.69, 9.17) is 4.74 Å². The molecule has 0 atom stereocenters. The molecule has 0 saturated carbocycles. The highest BCUT2D eigenvalue weighted by Gasteiger charge is 2.37. The van der Waals surface area contributed by atoms with Gasteiger partial charge in [-0.1, -0.05) is 13.8 Å². The number of nitrogens with zero attached hydrogens (tertiary/aromatic N) is 4. The van der Waals surface area contributed by atoms with Gasteiger partial charge in [0.05, 0.1) is 19.1 Å². The first kappa shape index (κ1) is 13.8. The van der Waals surface area contributed by atoms with Crippen LogP contribution in [0.1, 0.15) is 25.6 Å². The number of ether oxygens (including phenoxy) is 1. The van der Waals surface area contributed by atoms with E-state index < -0.39 is 0 Å². The summed E-state index contributed by atoms with van der Waals surface area (Å²) < 4.78 is 9.63. The fourth-order valence-corrected chi connectivity index (χ4v) is 3.25. The van der Waals surface area contributed by atoms with Crippen molar-refractivity contribution in [2.45, 2.75) is 19.8 Å². The Kier molecular flexibility index (Phi) is 3.89. The lowest BCUT2D eigenvalue weighted by Gasteiger charge is -2.41. The van der Waals surface area contributed by atoms with Gasteiger partial charge in [-0.25, -0.2) is 4.98 Å². The average molecular weight is 296 g/mol. The minimum Gasteiger partial charge on any atom is -0.378 e. The zero-order valence-electron chi connectivity index (χ0n) is 11.9. The molecule has 3 rings (SSSR count). The van der Waals surface area contributed by atoms with Crippen molar-refractivity contribution in [1.29, 1.82) is 0 Å². The van der Waals surface area contributed by atoms with Crippen LogP contribution in [-0.4, -0.2) is 59.6 Å². The van der Waals surface area contributed by atoms with Gasteiger partial charge in [0.25, 0.3) is 0 Å². The number of rotatable bonds is 3. The fourth-order valence-electron chi connectivity index (χ4n) is 2.42. The molecule has 2 aliphatic heterocycles. The van der Waals surface area contributed by atoms with E-state index in [1.165, 1.54) is 11.5 Å². The Hall–Kier alpha value is -1.21. The van der Waals surface area contributed by atoms with Crippen LogP contribution in [0.4, 0.5) is 5.13 Å². The molecular weight excluding hydrogens is 276 g/mol. The van der Waals surface area contributed by atoms with Crippen LogP contribution in [0, 0.1) is 5.92 Å². The molecule has 20 heavy (non-hydrogen) atoms. The zero-order valence-corrected chi connectivity index (χ0v) is 12.7. The minimum absolute atomic E-state index is 0.111. The molecular formula is C13H20N4O2S. The first-order valence-electron chi connectivity index (χ1n) is 7.10. The van der Waals surface area contributed by atoms with Crippen molar-refractivity contribution in [1.82, 2.24) is 14.3 Å². The highest BCUT2D eigenvalue weighted by molar-refractivity contribution is 7.09. The van der Waals surface area contributed by atoms with Gasteiger partial charge in [0.2, 0.25) is 11.0 Å². The normalized spacial score (nSPS) is 20.4. The number of amides is 1. The standard InChI is InChI=1S/C13H20N4O2S/c1-9(2)11-14-13(20-15-11)17-7-10(8-17)12(18)16-3-5-19-6-4-16/h9-10H,3-8H2,1-2H3. The van der Waals surface area contributed by atoms with E-state index in [2.05, 4.69) is 28.1 Å². The summed E-state index contributed by atoms with van der Waals surface area (Å²) in [4.78, 5) is 20.9. The first-order chi connectivity index (χ1) is 9.65. The third-order valence-corrected chi connectivity index (χ3v) is 4.56. The lowest BCUT2D eigenvalue weighted by molar-refractivity contribution is -0.140. The van der Waals surface area contributed by atoms with E-state index in [0.29, 0.717) is 19.1 Å². The number of carbonyl (C=O) groups is 1. The second kappa shape index (κ2) is 5.65. The van der Waals surface area contributed by atoms with Crippen molar-refractivity contribution in [2.75, 3.05) is 44.3 Å². The highest BCUT2D eigenvalue weighted by atomic mass is 32.1. The van der Waals surface area contributed by atoms with Crippen LogP contribution in [0.25, 0.3) is 0 Å². The maximum absolute atomic E-state index is 12.3. The van der Waals surface area contributed by atoms with Gasteiger partial charge in [-0.15, -0.1) is 0 Å².